The number of carbonyl (C=O) groups excluding carboxylic acids is 1. The van der Waals surface area contributed by atoms with Gasteiger partial charge in [0.1, 0.15) is 0 Å². The third kappa shape index (κ3) is 1.84. The van der Waals surface area contributed by atoms with Crippen molar-refractivity contribution in [3.8, 4) is 0 Å². The Bertz CT molecular complexity index is 345. The van der Waals surface area contributed by atoms with Crippen LogP contribution in [0.3, 0.4) is 0 Å². The largest absolute Gasteiger partial charge is 0.349 e. The summed E-state index contributed by atoms with van der Waals surface area (Å²) < 4.78 is 0. The van der Waals surface area contributed by atoms with Crippen molar-refractivity contribution in [2.75, 3.05) is 0 Å². The Kier molecular flexibility index (Phi) is 2.35. The van der Waals surface area contributed by atoms with E-state index in [1.807, 2.05) is 18.2 Å². The number of hydrogen-bond acceptors (Lipinski definition) is 1. The molecule has 1 saturated carbocycles. The van der Waals surface area contributed by atoms with Gasteiger partial charge in [-0.05, 0) is 18.1 Å². The Hall–Kier alpha value is -1.57. The summed E-state index contributed by atoms with van der Waals surface area (Å²) in [5, 5.41) is 2.90. The molecular weight excluding hydrogens is 174 g/mol. The number of carbonyl (C=O) groups is 1. The van der Waals surface area contributed by atoms with Gasteiger partial charge in [-0.1, -0.05) is 36.9 Å². The van der Waals surface area contributed by atoms with Crippen molar-refractivity contribution in [2.45, 2.75) is 18.4 Å². The summed E-state index contributed by atoms with van der Waals surface area (Å²) in [6, 6.07) is 10.6. The van der Waals surface area contributed by atoms with E-state index in [1.165, 1.54) is 11.6 Å². The summed E-state index contributed by atoms with van der Waals surface area (Å²) in [5.74, 6) is 0.425. The predicted octanol–water partition coefficient (Wildman–Crippen LogP) is 1.84. The molecule has 0 radical (unpaired) electrons. The minimum absolute atomic E-state index is 0.0755. The summed E-state index contributed by atoms with van der Waals surface area (Å²) in [6.45, 7) is 3.43. The van der Waals surface area contributed by atoms with E-state index in [1.54, 1.807) is 0 Å². The van der Waals surface area contributed by atoms with Crippen LogP contribution in [-0.4, -0.2) is 11.9 Å². The molecular formula is C12H13NO. The first-order valence-corrected chi connectivity index (χ1v) is 4.79. The van der Waals surface area contributed by atoms with Crippen LogP contribution < -0.4 is 5.32 Å². The van der Waals surface area contributed by atoms with Crippen LogP contribution in [-0.2, 0) is 4.79 Å². The fourth-order valence-electron chi connectivity index (χ4n) is 1.66. The molecule has 2 heteroatoms. The van der Waals surface area contributed by atoms with Gasteiger partial charge in [-0.2, -0.15) is 0 Å². The average molecular weight is 187 g/mol. The zero-order valence-corrected chi connectivity index (χ0v) is 7.94. The van der Waals surface area contributed by atoms with Gasteiger partial charge in [0.05, 0.1) is 0 Å². The van der Waals surface area contributed by atoms with Crippen LogP contribution in [0, 0.1) is 0 Å². The Morgan fingerprint density at radius 2 is 2.14 bits per heavy atom. The van der Waals surface area contributed by atoms with Gasteiger partial charge >= 0.3 is 0 Å². The van der Waals surface area contributed by atoms with E-state index in [-0.39, 0.29) is 5.91 Å². The molecule has 1 aliphatic rings. The molecule has 2 rings (SSSR count). The number of benzene rings is 1. The van der Waals surface area contributed by atoms with E-state index in [0.29, 0.717) is 12.0 Å². The molecule has 0 aliphatic heterocycles. The first-order chi connectivity index (χ1) is 6.81. The summed E-state index contributed by atoms with van der Waals surface area (Å²) in [6.07, 6.45) is 2.37. The van der Waals surface area contributed by atoms with Crippen molar-refractivity contribution in [1.82, 2.24) is 5.32 Å². The van der Waals surface area contributed by atoms with Gasteiger partial charge in [0, 0.05) is 12.0 Å². The van der Waals surface area contributed by atoms with E-state index >= 15 is 0 Å². The molecule has 1 amide bonds. The molecule has 2 nitrogen and oxygen atoms in total. The molecule has 0 aromatic heterocycles. The highest BCUT2D eigenvalue weighted by Gasteiger charge is 2.38. The van der Waals surface area contributed by atoms with Crippen molar-refractivity contribution in [2.24, 2.45) is 0 Å². The van der Waals surface area contributed by atoms with Crippen molar-refractivity contribution >= 4 is 5.91 Å². The minimum atomic E-state index is -0.0755. The monoisotopic (exact) mass is 187 g/mol. The topological polar surface area (TPSA) is 29.1 Å². The summed E-state index contributed by atoms with van der Waals surface area (Å²) in [5.41, 5.74) is 1.31. The Labute approximate surface area is 83.6 Å². The standard InChI is InChI=1S/C12H13NO/c1-2-12(14)13-11-8-10(11)9-6-4-3-5-7-9/h2-7,10-11H,1,8H2,(H,13,14)/t10-,11+/m0/s1. The normalized spacial score (nSPS) is 24.0. The van der Waals surface area contributed by atoms with Gasteiger partial charge in [-0.3, -0.25) is 4.79 Å². The fraction of sp³-hybridized carbons (Fsp3) is 0.250. The molecule has 2 atom stereocenters. The molecule has 1 aromatic rings. The average Bonchev–Trinajstić information content (AvgIpc) is 2.98. The zero-order chi connectivity index (χ0) is 9.97. The number of amides is 1. The molecule has 1 aromatic carbocycles. The van der Waals surface area contributed by atoms with Gasteiger partial charge in [0.2, 0.25) is 5.91 Å². The molecule has 0 unspecified atom stereocenters. The number of nitrogens with one attached hydrogen (secondary N) is 1. The minimum Gasteiger partial charge on any atom is -0.349 e. The van der Waals surface area contributed by atoms with Crippen LogP contribution >= 0.6 is 0 Å². The third-order valence-electron chi connectivity index (χ3n) is 2.53. The van der Waals surface area contributed by atoms with Crippen LogP contribution in [0.4, 0.5) is 0 Å². The van der Waals surface area contributed by atoms with E-state index in [0.717, 1.165) is 6.42 Å². The van der Waals surface area contributed by atoms with Crippen molar-refractivity contribution < 1.29 is 4.79 Å². The molecule has 72 valence electrons. The van der Waals surface area contributed by atoms with Crippen molar-refractivity contribution in [3.05, 3.63) is 48.6 Å². The van der Waals surface area contributed by atoms with E-state index in [2.05, 4.69) is 24.0 Å². The second kappa shape index (κ2) is 3.66. The van der Waals surface area contributed by atoms with Gasteiger partial charge in [-0.25, -0.2) is 0 Å². The second-order valence-corrected chi connectivity index (χ2v) is 3.57. The molecule has 0 spiro atoms. The molecule has 14 heavy (non-hydrogen) atoms. The second-order valence-electron chi connectivity index (χ2n) is 3.57. The number of hydrogen-bond donors (Lipinski definition) is 1. The fourth-order valence-corrected chi connectivity index (χ4v) is 1.66. The Balaban J connectivity index is 1.94. The van der Waals surface area contributed by atoms with E-state index in [4.69, 9.17) is 0 Å². The maximum absolute atomic E-state index is 11.0. The maximum Gasteiger partial charge on any atom is 0.243 e. The third-order valence-corrected chi connectivity index (χ3v) is 2.53. The van der Waals surface area contributed by atoms with Crippen LogP contribution in [0.25, 0.3) is 0 Å². The molecule has 0 saturated heterocycles. The van der Waals surface area contributed by atoms with Crippen LogP contribution in [0.15, 0.2) is 43.0 Å². The van der Waals surface area contributed by atoms with Gasteiger partial charge in [0.25, 0.3) is 0 Å². The maximum atomic E-state index is 11.0. The number of rotatable bonds is 3. The summed E-state index contributed by atoms with van der Waals surface area (Å²) >= 11 is 0. The van der Waals surface area contributed by atoms with Gasteiger partial charge < -0.3 is 5.32 Å². The van der Waals surface area contributed by atoms with Crippen LogP contribution in [0.2, 0.25) is 0 Å². The lowest BCUT2D eigenvalue weighted by molar-refractivity contribution is -0.116. The van der Waals surface area contributed by atoms with E-state index in [9.17, 15) is 4.79 Å². The molecule has 1 N–H and O–H groups in total. The molecule has 1 aliphatic carbocycles. The van der Waals surface area contributed by atoms with E-state index < -0.39 is 0 Å². The van der Waals surface area contributed by atoms with Gasteiger partial charge in [-0.15, -0.1) is 0 Å². The molecule has 0 heterocycles. The van der Waals surface area contributed by atoms with Crippen molar-refractivity contribution in [3.63, 3.8) is 0 Å². The van der Waals surface area contributed by atoms with Gasteiger partial charge in [0.15, 0.2) is 0 Å². The summed E-state index contributed by atoms with van der Waals surface area (Å²) in [7, 11) is 0. The molecule has 1 fully saturated rings. The smallest absolute Gasteiger partial charge is 0.243 e. The SMILES string of the molecule is C=CC(=O)N[C@@H]1C[C@H]1c1ccccc1. The van der Waals surface area contributed by atoms with Crippen LogP contribution in [0.5, 0.6) is 0 Å². The Morgan fingerprint density at radius 3 is 2.79 bits per heavy atom. The zero-order valence-electron chi connectivity index (χ0n) is 7.94. The molecule has 0 bridgehead atoms. The van der Waals surface area contributed by atoms with Crippen molar-refractivity contribution in [1.29, 1.82) is 0 Å². The lowest BCUT2D eigenvalue weighted by Crippen LogP contribution is -2.24. The highest BCUT2D eigenvalue weighted by molar-refractivity contribution is 5.87. The lowest BCUT2D eigenvalue weighted by atomic mass is 10.1. The highest BCUT2D eigenvalue weighted by atomic mass is 16.1. The highest BCUT2D eigenvalue weighted by Crippen LogP contribution is 2.40. The van der Waals surface area contributed by atoms with Crippen LogP contribution in [0.1, 0.15) is 17.9 Å². The first-order valence-electron chi connectivity index (χ1n) is 4.79. The lowest BCUT2D eigenvalue weighted by Gasteiger charge is -2.00. The predicted molar refractivity (Wildman–Crippen MR) is 55.9 cm³/mol. The Morgan fingerprint density at radius 1 is 1.43 bits per heavy atom. The summed E-state index contributed by atoms with van der Waals surface area (Å²) in [4.78, 5) is 11.0. The first kappa shape index (κ1) is 9.00. The quantitative estimate of drug-likeness (QED) is 0.719.